The first-order valence-electron chi connectivity index (χ1n) is 8.90. The average molecular weight is 336 g/mol. The minimum absolute atomic E-state index is 0.802. The van der Waals surface area contributed by atoms with E-state index in [0.717, 1.165) is 16.5 Å². The number of benzene rings is 5. The number of aliphatic hydroxyl groups excluding tert-OH is 2. The van der Waals surface area contributed by atoms with E-state index in [9.17, 15) is 10.2 Å². The van der Waals surface area contributed by atoms with Crippen molar-refractivity contribution in [2.45, 2.75) is 12.2 Å². The number of hydrogen-bond acceptors (Lipinski definition) is 2. The van der Waals surface area contributed by atoms with Crippen molar-refractivity contribution in [2.75, 3.05) is 0 Å². The third-order valence-corrected chi connectivity index (χ3v) is 5.81. The largest absolute Gasteiger partial charge is 0.386 e. The van der Waals surface area contributed by atoms with Crippen LogP contribution in [0.25, 0.3) is 49.2 Å². The Bertz CT molecular complexity index is 1360. The Labute approximate surface area is 149 Å². The summed E-state index contributed by atoms with van der Waals surface area (Å²) in [4.78, 5) is 0. The summed E-state index contributed by atoms with van der Waals surface area (Å²) in [7, 11) is 0. The zero-order valence-electron chi connectivity index (χ0n) is 14.0. The molecule has 0 bridgehead atoms. The third kappa shape index (κ3) is 1.63. The van der Waals surface area contributed by atoms with Gasteiger partial charge in [-0.3, -0.25) is 0 Å². The summed E-state index contributed by atoms with van der Waals surface area (Å²) in [5.74, 6) is 0. The van der Waals surface area contributed by atoms with Crippen LogP contribution in [0.4, 0.5) is 0 Å². The lowest BCUT2D eigenvalue weighted by Gasteiger charge is -2.25. The van der Waals surface area contributed by atoms with E-state index < -0.39 is 12.2 Å². The van der Waals surface area contributed by atoms with Gasteiger partial charge >= 0.3 is 0 Å². The fourth-order valence-electron chi connectivity index (χ4n) is 4.66. The molecule has 0 amide bonds. The second-order valence-corrected chi connectivity index (χ2v) is 7.16. The molecule has 0 radical (unpaired) electrons. The molecule has 0 unspecified atom stereocenters. The predicted octanol–water partition coefficient (Wildman–Crippen LogP) is 5.16. The maximum Gasteiger partial charge on any atom is 0.109 e. The summed E-state index contributed by atoms with van der Waals surface area (Å²) < 4.78 is 0. The van der Waals surface area contributed by atoms with Crippen molar-refractivity contribution in [3.05, 3.63) is 77.9 Å². The van der Waals surface area contributed by atoms with E-state index in [4.69, 9.17) is 0 Å². The predicted molar refractivity (Wildman–Crippen MR) is 108 cm³/mol. The molecule has 124 valence electrons. The van der Waals surface area contributed by atoms with Crippen molar-refractivity contribution in [1.82, 2.24) is 0 Å². The Morgan fingerprint density at radius 1 is 0.654 bits per heavy atom. The fraction of sp³-hybridized carbons (Fsp3) is 0.0833. The summed E-state index contributed by atoms with van der Waals surface area (Å²) in [6.45, 7) is 0. The van der Waals surface area contributed by atoms with E-state index in [-0.39, 0.29) is 0 Å². The normalized spacial score (nSPS) is 19.8. The Kier molecular flexibility index (Phi) is 2.64. The van der Waals surface area contributed by atoms with E-state index in [1.165, 1.54) is 37.7 Å². The molecule has 0 heterocycles. The number of hydrogen-bond donors (Lipinski definition) is 2. The van der Waals surface area contributed by atoms with E-state index >= 15 is 0 Å². The van der Waals surface area contributed by atoms with E-state index in [0.29, 0.717) is 0 Å². The second-order valence-electron chi connectivity index (χ2n) is 7.16. The molecular formula is C24H16O2. The van der Waals surface area contributed by atoms with Crippen LogP contribution in [0, 0.1) is 0 Å². The lowest BCUT2D eigenvalue weighted by atomic mass is 9.82. The van der Waals surface area contributed by atoms with Crippen molar-refractivity contribution in [3.8, 4) is 0 Å². The van der Waals surface area contributed by atoms with Crippen LogP contribution in [0.1, 0.15) is 17.2 Å². The van der Waals surface area contributed by atoms with Crippen molar-refractivity contribution in [3.63, 3.8) is 0 Å². The first-order chi connectivity index (χ1) is 12.7. The van der Waals surface area contributed by atoms with Gasteiger partial charge in [0.2, 0.25) is 0 Å². The maximum absolute atomic E-state index is 10.6. The molecule has 0 saturated carbocycles. The first kappa shape index (κ1) is 14.3. The minimum atomic E-state index is -0.893. The molecule has 1 aliphatic carbocycles. The monoisotopic (exact) mass is 336 g/mol. The highest BCUT2D eigenvalue weighted by atomic mass is 16.3. The zero-order chi connectivity index (χ0) is 17.4. The molecule has 0 fully saturated rings. The Hall–Kier alpha value is -2.94. The molecule has 26 heavy (non-hydrogen) atoms. The lowest BCUT2D eigenvalue weighted by Crippen LogP contribution is -2.19. The molecule has 0 aliphatic heterocycles. The van der Waals surface area contributed by atoms with E-state index in [1.807, 2.05) is 12.1 Å². The first-order valence-corrected chi connectivity index (χ1v) is 8.90. The average Bonchev–Trinajstić information content (AvgIpc) is 2.69. The number of aliphatic hydroxyl groups is 2. The molecule has 0 spiro atoms. The van der Waals surface area contributed by atoms with Crippen LogP contribution in [0.2, 0.25) is 0 Å². The third-order valence-electron chi connectivity index (χ3n) is 5.81. The minimum Gasteiger partial charge on any atom is -0.386 e. The maximum atomic E-state index is 10.6. The van der Waals surface area contributed by atoms with Crippen LogP contribution in [0.3, 0.4) is 0 Å². The van der Waals surface area contributed by atoms with Gasteiger partial charge in [0.05, 0.1) is 0 Å². The van der Waals surface area contributed by atoms with Crippen LogP contribution in [-0.4, -0.2) is 16.3 Å². The SMILES string of the molecule is O[C@H]1C=Cc2c(cc3ccc4cccc5c6ccccc6c2c3c45)[C@@H]1O. The molecule has 0 saturated heterocycles. The molecule has 0 aromatic heterocycles. The molecule has 5 aromatic carbocycles. The van der Waals surface area contributed by atoms with Gasteiger partial charge in [-0.15, -0.1) is 0 Å². The van der Waals surface area contributed by atoms with Crippen LogP contribution >= 0.6 is 0 Å². The molecule has 2 heteroatoms. The summed E-state index contributed by atoms with van der Waals surface area (Å²) in [5, 5.41) is 30.4. The lowest BCUT2D eigenvalue weighted by molar-refractivity contribution is 0.0472. The van der Waals surface area contributed by atoms with Gasteiger partial charge in [0.1, 0.15) is 12.2 Å². The van der Waals surface area contributed by atoms with Crippen molar-refractivity contribution >= 4 is 49.2 Å². The van der Waals surface area contributed by atoms with Crippen molar-refractivity contribution < 1.29 is 10.2 Å². The number of rotatable bonds is 0. The molecule has 5 aromatic rings. The summed E-state index contributed by atoms with van der Waals surface area (Å²) in [6.07, 6.45) is 1.90. The standard InChI is InChI=1S/C24H16O2/c25-20-11-10-18-19(24(20)26)12-14-9-8-13-4-3-7-16-15-5-1-2-6-17(15)23(18)22(14)21(13)16/h1-12,20,24-26H/t20-,24-/m0/s1. The van der Waals surface area contributed by atoms with Crippen LogP contribution < -0.4 is 0 Å². The van der Waals surface area contributed by atoms with Gasteiger partial charge in [-0.1, -0.05) is 66.7 Å². The van der Waals surface area contributed by atoms with E-state index in [1.54, 1.807) is 6.08 Å². The van der Waals surface area contributed by atoms with Gasteiger partial charge in [-0.2, -0.15) is 0 Å². The summed E-state index contributed by atoms with van der Waals surface area (Å²) in [5.41, 5.74) is 1.82. The highest BCUT2D eigenvalue weighted by molar-refractivity contribution is 6.35. The van der Waals surface area contributed by atoms with Gasteiger partial charge in [0.15, 0.2) is 0 Å². The molecule has 2 atom stereocenters. The van der Waals surface area contributed by atoms with Crippen molar-refractivity contribution in [1.29, 1.82) is 0 Å². The van der Waals surface area contributed by atoms with Crippen LogP contribution in [0.5, 0.6) is 0 Å². The summed E-state index contributed by atoms with van der Waals surface area (Å²) in [6, 6.07) is 21.2. The zero-order valence-corrected chi connectivity index (χ0v) is 14.0. The highest BCUT2D eigenvalue weighted by Gasteiger charge is 2.26. The molecule has 2 N–H and O–H groups in total. The Morgan fingerprint density at radius 2 is 1.38 bits per heavy atom. The molecule has 2 nitrogen and oxygen atoms in total. The topological polar surface area (TPSA) is 40.5 Å². The van der Waals surface area contributed by atoms with Gasteiger partial charge in [-0.05, 0) is 60.3 Å². The Balaban J connectivity index is 2.01. The van der Waals surface area contributed by atoms with Gasteiger partial charge in [-0.25, -0.2) is 0 Å². The van der Waals surface area contributed by atoms with Gasteiger partial charge < -0.3 is 10.2 Å². The van der Waals surface area contributed by atoms with Crippen LogP contribution in [-0.2, 0) is 0 Å². The summed E-state index contributed by atoms with van der Waals surface area (Å²) >= 11 is 0. The molecule has 1 aliphatic rings. The van der Waals surface area contributed by atoms with E-state index in [2.05, 4.69) is 54.6 Å². The smallest absolute Gasteiger partial charge is 0.109 e. The fourth-order valence-corrected chi connectivity index (χ4v) is 4.66. The quantitative estimate of drug-likeness (QED) is 0.303. The van der Waals surface area contributed by atoms with Gasteiger partial charge in [0, 0.05) is 0 Å². The van der Waals surface area contributed by atoms with Crippen molar-refractivity contribution in [2.24, 2.45) is 0 Å². The Morgan fingerprint density at radius 3 is 2.27 bits per heavy atom. The van der Waals surface area contributed by atoms with Gasteiger partial charge in [0.25, 0.3) is 0 Å². The molecule has 6 rings (SSSR count). The highest BCUT2D eigenvalue weighted by Crippen LogP contribution is 2.45. The van der Waals surface area contributed by atoms with Crippen LogP contribution in [0.15, 0.2) is 66.7 Å². The number of fused-ring (bicyclic) bond motifs is 5. The second kappa shape index (κ2) is 4.82. The molecular weight excluding hydrogens is 320 g/mol.